The van der Waals surface area contributed by atoms with Gasteiger partial charge in [0.1, 0.15) is 5.82 Å². The topological polar surface area (TPSA) is 65.5 Å². The summed E-state index contributed by atoms with van der Waals surface area (Å²) < 4.78 is 12.8. The van der Waals surface area contributed by atoms with E-state index in [1.807, 2.05) is 0 Å². The number of hydrogen-bond acceptors (Lipinski definition) is 2. The zero-order valence-electron chi connectivity index (χ0n) is 14.5. The third-order valence-corrected chi connectivity index (χ3v) is 3.89. The third-order valence-electron chi connectivity index (χ3n) is 3.89. The first-order valence-corrected chi connectivity index (χ1v) is 8.35. The van der Waals surface area contributed by atoms with Crippen molar-refractivity contribution in [1.29, 1.82) is 0 Å². The summed E-state index contributed by atoms with van der Waals surface area (Å²) in [6.45, 7) is 0.894. The van der Waals surface area contributed by atoms with E-state index in [4.69, 9.17) is 0 Å². The van der Waals surface area contributed by atoms with Crippen molar-refractivity contribution in [3.05, 3.63) is 41.7 Å². The van der Waals surface area contributed by atoms with Crippen LogP contribution in [0.25, 0.3) is 0 Å². The molecule has 25 heavy (non-hydrogen) atoms. The molecule has 0 heterocycles. The number of nitrogens with zero attached hydrogens (tertiary/aromatic N) is 1. The molecule has 1 aromatic carbocycles. The molecule has 1 aliphatic rings. The van der Waals surface area contributed by atoms with Gasteiger partial charge in [-0.1, -0.05) is 11.6 Å². The molecule has 1 aromatic rings. The molecule has 0 radical (unpaired) electrons. The van der Waals surface area contributed by atoms with Crippen LogP contribution in [0.5, 0.6) is 0 Å². The summed E-state index contributed by atoms with van der Waals surface area (Å²) >= 11 is 0. The van der Waals surface area contributed by atoms with Crippen LogP contribution < -0.4 is 16.0 Å². The summed E-state index contributed by atoms with van der Waals surface area (Å²) in [5, 5.41) is 8.88. The van der Waals surface area contributed by atoms with E-state index in [-0.39, 0.29) is 42.2 Å². The number of allylic oxidation sites excluding steroid dienone is 1. The van der Waals surface area contributed by atoms with E-state index < -0.39 is 0 Å². The van der Waals surface area contributed by atoms with E-state index in [1.54, 1.807) is 7.05 Å². The Bertz CT molecular complexity index is 602. The third kappa shape index (κ3) is 8.33. The molecule has 138 valence electrons. The fourth-order valence-electron chi connectivity index (χ4n) is 2.60. The van der Waals surface area contributed by atoms with Crippen molar-refractivity contribution in [2.24, 2.45) is 4.99 Å². The number of anilines is 1. The first-order chi connectivity index (χ1) is 11.7. The fourth-order valence-corrected chi connectivity index (χ4v) is 2.60. The lowest BCUT2D eigenvalue weighted by molar-refractivity contribution is -0.115. The second kappa shape index (κ2) is 11.8. The molecule has 1 aliphatic carbocycles. The Morgan fingerprint density at radius 1 is 1.20 bits per heavy atom. The van der Waals surface area contributed by atoms with Crippen molar-refractivity contribution in [2.75, 3.05) is 25.5 Å². The van der Waals surface area contributed by atoms with E-state index in [0.717, 1.165) is 13.0 Å². The van der Waals surface area contributed by atoms with Crippen LogP contribution in [0.2, 0.25) is 0 Å². The first-order valence-electron chi connectivity index (χ1n) is 8.35. The van der Waals surface area contributed by atoms with Gasteiger partial charge in [0.2, 0.25) is 5.91 Å². The van der Waals surface area contributed by atoms with Gasteiger partial charge >= 0.3 is 0 Å². The number of carbonyl (C=O) groups excluding carboxylic acids is 1. The van der Waals surface area contributed by atoms with Gasteiger partial charge < -0.3 is 16.0 Å². The SMILES string of the molecule is CN=C(NCCC1=CCCCC1)NCC(=O)Nc1ccc(F)cc1.I. The van der Waals surface area contributed by atoms with Crippen LogP contribution in [-0.4, -0.2) is 32.0 Å². The van der Waals surface area contributed by atoms with Gasteiger partial charge in [0.25, 0.3) is 0 Å². The van der Waals surface area contributed by atoms with Gasteiger partial charge in [-0.2, -0.15) is 0 Å². The number of hydrogen-bond donors (Lipinski definition) is 3. The van der Waals surface area contributed by atoms with Crippen molar-refractivity contribution in [2.45, 2.75) is 32.1 Å². The minimum Gasteiger partial charge on any atom is -0.356 e. The molecule has 0 saturated carbocycles. The lowest BCUT2D eigenvalue weighted by Crippen LogP contribution is -2.41. The van der Waals surface area contributed by atoms with Crippen LogP contribution in [0.4, 0.5) is 10.1 Å². The Balaban J connectivity index is 0.00000312. The van der Waals surface area contributed by atoms with Crippen LogP contribution in [-0.2, 0) is 4.79 Å². The van der Waals surface area contributed by atoms with Gasteiger partial charge in [0, 0.05) is 19.3 Å². The van der Waals surface area contributed by atoms with Gasteiger partial charge in [-0.15, -0.1) is 24.0 Å². The predicted octanol–water partition coefficient (Wildman–Crippen LogP) is 3.44. The largest absolute Gasteiger partial charge is 0.356 e. The summed E-state index contributed by atoms with van der Waals surface area (Å²) in [4.78, 5) is 16.0. The molecule has 5 nitrogen and oxygen atoms in total. The number of guanidine groups is 1. The summed E-state index contributed by atoms with van der Waals surface area (Å²) in [5.41, 5.74) is 2.06. The Morgan fingerprint density at radius 2 is 1.96 bits per heavy atom. The average Bonchev–Trinajstić information content (AvgIpc) is 2.61. The lowest BCUT2D eigenvalue weighted by Gasteiger charge is -2.15. The molecule has 0 atom stereocenters. The number of benzene rings is 1. The molecule has 0 saturated heterocycles. The van der Waals surface area contributed by atoms with Gasteiger partial charge in [-0.3, -0.25) is 9.79 Å². The van der Waals surface area contributed by atoms with Gasteiger partial charge in [0.05, 0.1) is 6.54 Å². The predicted molar refractivity (Wildman–Crippen MR) is 111 cm³/mol. The van der Waals surface area contributed by atoms with E-state index in [0.29, 0.717) is 11.6 Å². The highest BCUT2D eigenvalue weighted by Gasteiger charge is 2.06. The van der Waals surface area contributed by atoms with Crippen LogP contribution >= 0.6 is 24.0 Å². The second-order valence-electron chi connectivity index (χ2n) is 5.77. The van der Waals surface area contributed by atoms with Crippen molar-refractivity contribution >= 4 is 41.5 Å². The molecule has 2 rings (SSSR count). The first kappa shape index (κ1) is 21.4. The number of halogens is 2. The average molecular weight is 460 g/mol. The van der Waals surface area contributed by atoms with E-state index in [2.05, 4.69) is 27.0 Å². The van der Waals surface area contributed by atoms with Crippen molar-refractivity contribution in [1.82, 2.24) is 10.6 Å². The molecule has 0 unspecified atom stereocenters. The van der Waals surface area contributed by atoms with Crippen LogP contribution in [0.1, 0.15) is 32.1 Å². The van der Waals surface area contributed by atoms with Gasteiger partial charge in [0.15, 0.2) is 5.96 Å². The Kier molecular flexibility index (Phi) is 10.1. The Labute approximate surface area is 165 Å². The fraction of sp³-hybridized carbons (Fsp3) is 0.444. The monoisotopic (exact) mass is 460 g/mol. The molecular weight excluding hydrogens is 434 g/mol. The molecule has 0 bridgehead atoms. The number of nitrogens with one attached hydrogen (secondary N) is 3. The minimum atomic E-state index is -0.330. The van der Waals surface area contributed by atoms with Gasteiger partial charge in [-0.25, -0.2) is 4.39 Å². The van der Waals surface area contributed by atoms with Crippen LogP contribution in [0.15, 0.2) is 40.9 Å². The minimum absolute atomic E-state index is 0. The molecule has 0 aromatic heterocycles. The van der Waals surface area contributed by atoms with Gasteiger partial charge in [-0.05, 0) is 56.4 Å². The lowest BCUT2D eigenvalue weighted by atomic mass is 9.97. The van der Waals surface area contributed by atoms with E-state index >= 15 is 0 Å². The molecule has 7 heteroatoms. The van der Waals surface area contributed by atoms with Crippen LogP contribution in [0.3, 0.4) is 0 Å². The number of rotatable bonds is 6. The van der Waals surface area contributed by atoms with E-state index in [9.17, 15) is 9.18 Å². The maximum atomic E-state index is 12.8. The summed E-state index contributed by atoms with van der Waals surface area (Å²) in [6.07, 6.45) is 8.28. The number of carbonyl (C=O) groups is 1. The molecule has 3 N–H and O–H groups in total. The number of amides is 1. The normalized spacial score (nSPS) is 14.2. The van der Waals surface area contributed by atoms with Crippen molar-refractivity contribution in [3.8, 4) is 0 Å². The highest BCUT2D eigenvalue weighted by atomic mass is 127. The van der Waals surface area contributed by atoms with Crippen LogP contribution in [0, 0.1) is 5.82 Å². The van der Waals surface area contributed by atoms with Crippen molar-refractivity contribution < 1.29 is 9.18 Å². The zero-order chi connectivity index (χ0) is 17.2. The second-order valence-corrected chi connectivity index (χ2v) is 5.77. The zero-order valence-corrected chi connectivity index (χ0v) is 16.8. The highest BCUT2D eigenvalue weighted by Crippen LogP contribution is 2.19. The van der Waals surface area contributed by atoms with Crippen molar-refractivity contribution in [3.63, 3.8) is 0 Å². The highest BCUT2D eigenvalue weighted by molar-refractivity contribution is 14.0. The quantitative estimate of drug-likeness (QED) is 0.264. The smallest absolute Gasteiger partial charge is 0.243 e. The molecule has 0 spiro atoms. The Hall–Kier alpha value is -1.64. The summed E-state index contributed by atoms with van der Waals surface area (Å²) in [7, 11) is 1.67. The summed E-state index contributed by atoms with van der Waals surface area (Å²) in [6, 6.07) is 5.67. The standard InChI is InChI=1S/C18H25FN4O.HI/c1-20-18(21-12-11-14-5-3-2-4-6-14)22-13-17(24)23-16-9-7-15(19)8-10-16;/h5,7-10H,2-4,6,11-13H2,1H3,(H,23,24)(H2,20,21,22);1H. The maximum Gasteiger partial charge on any atom is 0.243 e. The summed E-state index contributed by atoms with van der Waals surface area (Å²) in [5.74, 6) is 0.0593. The van der Waals surface area contributed by atoms with E-state index in [1.165, 1.54) is 55.5 Å². The Morgan fingerprint density at radius 3 is 2.60 bits per heavy atom. The number of aliphatic imine (C=N–C) groups is 1. The molecule has 0 aliphatic heterocycles. The molecule has 0 fully saturated rings. The maximum absolute atomic E-state index is 12.8. The molecule has 1 amide bonds. The molecular formula is C18H26FIN4O.